The maximum Gasteiger partial charge on any atom is 0.305 e. The van der Waals surface area contributed by atoms with Crippen molar-refractivity contribution in [1.82, 2.24) is 14.9 Å². The van der Waals surface area contributed by atoms with Crippen LogP contribution in [0.15, 0.2) is 59.8 Å². The van der Waals surface area contributed by atoms with Crippen molar-refractivity contribution in [3.63, 3.8) is 0 Å². The monoisotopic (exact) mass is 445 g/mol. The Morgan fingerprint density at radius 2 is 1.94 bits per heavy atom. The molecule has 1 amide bonds. The molecule has 0 spiro atoms. The number of aryl methyl sites for hydroxylation is 2. The Morgan fingerprint density at radius 3 is 2.73 bits per heavy atom. The van der Waals surface area contributed by atoms with Crippen LogP contribution in [0.25, 0.3) is 11.1 Å². The smallest absolute Gasteiger partial charge is 0.305 e. The second-order valence-corrected chi connectivity index (χ2v) is 8.50. The lowest BCUT2D eigenvalue weighted by Gasteiger charge is -2.20. The number of carboxylic acids is 1. The van der Waals surface area contributed by atoms with Gasteiger partial charge in [0.1, 0.15) is 6.54 Å². The Morgan fingerprint density at radius 1 is 1.15 bits per heavy atom. The van der Waals surface area contributed by atoms with Crippen LogP contribution in [0.1, 0.15) is 47.6 Å². The number of fused-ring (bicyclic) bond motifs is 1. The predicted octanol–water partition coefficient (Wildman–Crippen LogP) is 3.43. The highest BCUT2D eigenvalue weighted by Crippen LogP contribution is 2.26. The van der Waals surface area contributed by atoms with Gasteiger partial charge in [-0.25, -0.2) is 0 Å². The zero-order chi connectivity index (χ0) is 23.4. The van der Waals surface area contributed by atoms with Crippen LogP contribution in [-0.4, -0.2) is 26.5 Å². The van der Waals surface area contributed by atoms with Crippen LogP contribution in [0.5, 0.6) is 0 Å². The van der Waals surface area contributed by atoms with Crippen LogP contribution < -0.4 is 10.9 Å². The highest BCUT2D eigenvalue weighted by atomic mass is 16.4. The fraction of sp³-hybridized carbons (Fsp3) is 0.308. The number of carbonyl (C=O) groups is 2. The molecule has 0 radical (unpaired) electrons. The van der Waals surface area contributed by atoms with E-state index in [1.165, 1.54) is 4.57 Å². The van der Waals surface area contributed by atoms with Crippen molar-refractivity contribution < 1.29 is 14.7 Å². The summed E-state index contributed by atoms with van der Waals surface area (Å²) >= 11 is 0. The first-order valence-electron chi connectivity index (χ1n) is 11.2. The van der Waals surface area contributed by atoms with E-state index in [1.54, 1.807) is 18.6 Å². The molecule has 0 saturated heterocycles. The number of benzene rings is 1. The minimum atomic E-state index is -1.03. The molecule has 0 unspecified atom stereocenters. The van der Waals surface area contributed by atoms with Gasteiger partial charge < -0.3 is 15.0 Å². The summed E-state index contributed by atoms with van der Waals surface area (Å²) in [7, 11) is 0. The van der Waals surface area contributed by atoms with Gasteiger partial charge in [-0.1, -0.05) is 24.3 Å². The van der Waals surface area contributed by atoms with Crippen molar-refractivity contribution in [2.75, 3.05) is 0 Å². The van der Waals surface area contributed by atoms with E-state index in [-0.39, 0.29) is 18.5 Å². The summed E-state index contributed by atoms with van der Waals surface area (Å²) < 4.78 is 1.40. The standard InChI is InChI=1S/C26H27N3O4/c1-17-6-2-4-8-21(17)19-12-20(15-27-14-19)23(13-25(31)32)28-24(30)16-29-11-10-18-7-3-5-9-22(18)26(29)33/h2,4,6,8,10-12,14-15,23H,3,5,7,9,13,16H2,1H3,(H,28,30)(H,31,32)/t23-/m0/s1. The summed E-state index contributed by atoms with van der Waals surface area (Å²) in [4.78, 5) is 41.4. The van der Waals surface area contributed by atoms with Gasteiger partial charge in [-0.15, -0.1) is 0 Å². The average Bonchev–Trinajstić information content (AvgIpc) is 2.81. The molecule has 7 heteroatoms. The fourth-order valence-corrected chi connectivity index (χ4v) is 4.42. The molecule has 2 N–H and O–H groups in total. The number of hydrogen-bond donors (Lipinski definition) is 2. The summed E-state index contributed by atoms with van der Waals surface area (Å²) in [6, 6.07) is 10.9. The van der Waals surface area contributed by atoms with E-state index < -0.39 is 17.9 Å². The molecule has 2 aromatic heterocycles. The fourth-order valence-electron chi connectivity index (χ4n) is 4.42. The minimum absolute atomic E-state index is 0.139. The van der Waals surface area contributed by atoms with Gasteiger partial charge in [-0.3, -0.25) is 19.4 Å². The van der Waals surface area contributed by atoms with E-state index in [0.29, 0.717) is 5.56 Å². The number of aromatic nitrogens is 2. The van der Waals surface area contributed by atoms with Gasteiger partial charge in [0.05, 0.1) is 12.5 Å². The number of carbonyl (C=O) groups excluding carboxylic acids is 1. The molecule has 1 aromatic carbocycles. The topological polar surface area (TPSA) is 101 Å². The molecule has 0 bridgehead atoms. The maximum atomic E-state index is 12.8. The van der Waals surface area contributed by atoms with Gasteiger partial charge in [0, 0.05) is 29.7 Å². The van der Waals surface area contributed by atoms with Gasteiger partial charge >= 0.3 is 5.97 Å². The number of nitrogens with zero attached hydrogens (tertiary/aromatic N) is 2. The Balaban J connectivity index is 1.56. The summed E-state index contributed by atoms with van der Waals surface area (Å²) in [5.74, 6) is -1.45. The number of nitrogens with one attached hydrogen (secondary N) is 1. The molecule has 0 fully saturated rings. The molecule has 170 valence electrons. The SMILES string of the molecule is Cc1ccccc1-c1cncc([C@H](CC(=O)O)NC(=O)Cn2ccc3c(c2=O)CCCC3)c1. The molecule has 2 heterocycles. The first kappa shape index (κ1) is 22.5. The van der Waals surface area contributed by atoms with E-state index in [9.17, 15) is 19.5 Å². The number of hydrogen-bond acceptors (Lipinski definition) is 4. The van der Waals surface area contributed by atoms with Crippen molar-refractivity contribution in [3.05, 3.63) is 87.6 Å². The lowest BCUT2D eigenvalue weighted by molar-refractivity contribution is -0.137. The summed E-state index contributed by atoms with van der Waals surface area (Å²) in [5, 5.41) is 12.2. The molecule has 33 heavy (non-hydrogen) atoms. The molecule has 0 aliphatic heterocycles. The molecule has 3 aromatic rings. The number of amides is 1. The molecule has 0 saturated carbocycles. The molecular weight excluding hydrogens is 418 g/mol. The molecular formula is C26H27N3O4. The third-order valence-electron chi connectivity index (χ3n) is 6.13. The van der Waals surface area contributed by atoms with Crippen LogP contribution >= 0.6 is 0 Å². The Kier molecular flexibility index (Phi) is 6.68. The van der Waals surface area contributed by atoms with E-state index in [1.807, 2.05) is 43.3 Å². The lowest BCUT2D eigenvalue weighted by atomic mass is 9.93. The highest BCUT2D eigenvalue weighted by molar-refractivity contribution is 5.78. The van der Waals surface area contributed by atoms with Gasteiger partial charge in [0.2, 0.25) is 5.91 Å². The minimum Gasteiger partial charge on any atom is -0.481 e. The average molecular weight is 446 g/mol. The number of rotatable bonds is 7. The second kappa shape index (κ2) is 9.81. The number of carboxylic acid groups (broad SMARTS) is 1. The molecule has 7 nitrogen and oxygen atoms in total. The van der Waals surface area contributed by atoms with Crippen molar-refractivity contribution in [2.45, 2.75) is 51.6 Å². The van der Waals surface area contributed by atoms with Crippen LogP contribution in [0, 0.1) is 6.92 Å². The number of aliphatic carboxylic acids is 1. The zero-order valence-electron chi connectivity index (χ0n) is 18.6. The van der Waals surface area contributed by atoms with Crippen molar-refractivity contribution in [2.24, 2.45) is 0 Å². The van der Waals surface area contributed by atoms with E-state index in [4.69, 9.17) is 0 Å². The Hall–Kier alpha value is -3.74. The van der Waals surface area contributed by atoms with Crippen molar-refractivity contribution in [1.29, 1.82) is 0 Å². The summed E-state index contributed by atoms with van der Waals surface area (Å²) in [6.07, 6.45) is 8.33. The van der Waals surface area contributed by atoms with Gasteiger partial charge in [0.15, 0.2) is 0 Å². The Labute approximate surface area is 192 Å². The highest BCUT2D eigenvalue weighted by Gasteiger charge is 2.21. The molecule has 1 aliphatic rings. The largest absolute Gasteiger partial charge is 0.481 e. The van der Waals surface area contributed by atoms with E-state index in [0.717, 1.165) is 53.5 Å². The predicted molar refractivity (Wildman–Crippen MR) is 125 cm³/mol. The van der Waals surface area contributed by atoms with Gasteiger partial charge in [0.25, 0.3) is 5.56 Å². The van der Waals surface area contributed by atoms with Crippen LogP contribution in [-0.2, 0) is 29.0 Å². The lowest BCUT2D eigenvalue weighted by Crippen LogP contribution is -2.36. The normalized spacial score (nSPS) is 13.7. The second-order valence-electron chi connectivity index (χ2n) is 8.50. The Bertz CT molecular complexity index is 1250. The van der Waals surface area contributed by atoms with Crippen LogP contribution in [0.4, 0.5) is 0 Å². The van der Waals surface area contributed by atoms with Gasteiger partial charge in [-0.2, -0.15) is 0 Å². The first-order chi connectivity index (χ1) is 15.9. The first-order valence-corrected chi connectivity index (χ1v) is 11.2. The van der Waals surface area contributed by atoms with E-state index in [2.05, 4.69) is 10.3 Å². The molecule has 1 atom stereocenters. The zero-order valence-corrected chi connectivity index (χ0v) is 18.6. The van der Waals surface area contributed by atoms with Crippen LogP contribution in [0.3, 0.4) is 0 Å². The van der Waals surface area contributed by atoms with Crippen molar-refractivity contribution in [3.8, 4) is 11.1 Å². The quantitative estimate of drug-likeness (QED) is 0.580. The maximum absolute atomic E-state index is 12.8. The van der Waals surface area contributed by atoms with E-state index >= 15 is 0 Å². The van der Waals surface area contributed by atoms with Crippen molar-refractivity contribution >= 4 is 11.9 Å². The van der Waals surface area contributed by atoms with Crippen LogP contribution in [0.2, 0.25) is 0 Å². The third-order valence-corrected chi connectivity index (χ3v) is 6.13. The number of pyridine rings is 2. The summed E-state index contributed by atoms with van der Waals surface area (Å²) in [5.41, 5.74) is 5.22. The molecule has 1 aliphatic carbocycles. The van der Waals surface area contributed by atoms with Gasteiger partial charge in [-0.05, 0) is 67.0 Å². The third kappa shape index (κ3) is 5.19. The molecule has 4 rings (SSSR count). The summed E-state index contributed by atoms with van der Waals surface area (Å²) in [6.45, 7) is 1.84.